The molecule has 7 heteroatoms. The van der Waals surface area contributed by atoms with E-state index >= 15 is 0 Å². The number of aryl methyl sites for hydroxylation is 2. The number of fused-ring (bicyclic) bond motifs is 1. The van der Waals surface area contributed by atoms with E-state index in [1.165, 1.54) is 46.8 Å². The van der Waals surface area contributed by atoms with Crippen molar-refractivity contribution in [2.45, 2.75) is 56.9 Å². The summed E-state index contributed by atoms with van der Waals surface area (Å²) in [6.45, 7) is 5.36. The van der Waals surface area contributed by atoms with Crippen molar-refractivity contribution in [3.8, 4) is 0 Å². The summed E-state index contributed by atoms with van der Waals surface area (Å²) in [5.74, 6) is -0.192. The van der Waals surface area contributed by atoms with Crippen molar-refractivity contribution in [2.24, 2.45) is 0 Å². The molecule has 0 aliphatic heterocycles. The molecule has 0 saturated heterocycles. The zero-order valence-electron chi connectivity index (χ0n) is 15.3. The summed E-state index contributed by atoms with van der Waals surface area (Å²) >= 11 is 1.54. The number of carbonyl (C=O) groups is 1. The van der Waals surface area contributed by atoms with Crippen LogP contribution >= 0.6 is 11.3 Å². The number of carbonyl (C=O) groups excluding carboxylic acids is 1. The minimum absolute atomic E-state index is 0.135. The predicted molar refractivity (Wildman–Crippen MR) is 105 cm³/mol. The Bertz CT molecular complexity index is 901. The number of nitrogens with one attached hydrogen (secondary N) is 2. The van der Waals surface area contributed by atoms with E-state index in [4.69, 9.17) is 0 Å². The number of benzene rings is 1. The molecule has 1 aliphatic carbocycles. The number of thiophene rings is 1. The summed E-state index contributed by atoms with van der Waals surface area (Å²) < 4.78 is 27.6. The van der Waals surface area contributed by atoms with Gasteiger partial charge in [0.2, 0.25) is 10.0 Å². The number of anilines is 1. The maximum Gasteiger partial charge on any atom is 0.265 e. The monoisotopic (exact) mass is 392 g/mol. The first-order chi connectivity index (χ1) is 12.1. The number of sulfonamides is 1. The topological polar surface area (TPSA) is 75.3 Å². The standard InChI is InChI=1S/C19H24N2O3S2/c1-19(2,3)21-26(23,24)15-9-6-8-14(12-15)20-18(22)17-11-13-7-4-5-10-16(13)25-17/h6,8-9,11-12,21H,4-5,7,10H2,1-3H3,(H,20,22). The van der Waals surface area contributed by atoms with Gasteiger partial charge in [-0.3, -0.25) is 4.79 Å². The second-order valence-corrected chi connectivity index (χ2v) is 10.4. The third kappa shape index (κ3) is 4.52. The first-order valence-electron chi connectivity index (χ1n) is 8.71. The molecule has 5 nitrogen and oxygen atoms in total. The van der Waals surface area contributed by atoms with Gasteiger partial charge in [-0.25, -0.2) is 13.1 Å². The fraction of sp³-hybridized carbons (Fsp3) is 0.421. The summed E-state index contributed by atoms with van der Waals surface area (Å²) in [6, 6.07) is 8.30. The number of rotatable bonds is 4. The predicted octanol–water partition coefficient (Wildman–Crippen LogP) is 3.96. The van der Waals surface area contributed by atoms with Gasteiger partial charge >= 0.3 is 0 Å². The van der Waals surface area contributed by atoms with Gasteiger partial charge in [-0.2, -0.15) is 0 Å². The number of amides is 1. The van der Waals surface area contributed by atoms with Crippen molar-refractivity contribution >= 4 is 33.0 Å². The lowest BCUT2D eigenvalue weighted by molar-refractivity contribution is 0.103. The Morgan fingerprint density at radius 3 is 2.54 bits per heavy atom. The summed E-state index contributed by atoms with van der Waals surface area (Å²) in [4.78, 5) is 14.7. The van der Waals surface area contributed by atoms with Crippen molar-refractivity contribution in [2.75, 3.05) is 5.32 Å². The molecular formula is C19H24N2O3S2. The summed E-state index contributed by atoms with van der Waals surface area (Å²) in [6.07, 6.45) is 4.42. The van der Waals surface area contributed by atoms with Crippen LogP contribution in [0.1, 0.15) is 53.7 Å². The smallest absolute Gasteiger partial charge is 0.265 e. The minimum Gasteiger partial charge on any atom is -0.321 e. The molecule has 0 unspecified atom stereocenters. The average molecular weight is 393 g/mol. The molecule has 1 aromatic carbocycles. The van der Waals surface area contributed by atoms with Gasteiger partial charge in [-0.05, 0) is 76.3 Å². The van der Waals surface area contributed by atoms with Gasteiger partial charge in [0.25, 0.3) is 5.91 Å². The lowest BCUT2D eigenvalue weighted by Gasteiger charge is -2.20. The van der Waals surface area contributed by atoms with Crippen LogP contribution in [0.2, 0.25) is 0 Å². The van der Waals surface area contributed by atoms with Crippen molar-refractivity contribution in [1.29, 1.82) is 0 Å². The second-order valence-electron chi connectivity index (χ2n) is 7.60. The van der Waals surface area contributed by atoms with Crippen molar-refractivity contribution in [1.82, 2.24) is 4.72 Å². The van der Waals surface area contributed by atoms with Crippen LogP contribution in [0, 0.1) is 0 Å². The van der Waals surface area contributed by atoms with Gasteiger partial charge in [0.1, 0.15) is 0 Å². The Morgan fingerprint density at radius 2 is 1.85 bits per heavy atom. The molecule has 0 atom stereocenters. The second kappa shape index (κ2) is 7.13. The van der Waals surface area contributed by atoms with Gasteiger partial charge in [0.15, 0.2) is 0 Å². The van der Waals surface area contributed by atoms with Gasteiger partial charge in [0, 0.05) is 16.1 Å². The molecule has 0 saturated carbocycles. The molecule has 2 aromatic rings. The molecule has 0 spiro atoms. The molecule has 0 radical (unpaired) electrons. The van der Waals surface area contributed by atoms with E-state index in [0.29, 0.717) is 10.6 Å². The van der Waals surface area contributed by atoms with Crippen LogP contribution in [-0.2, 0) is 22.9 Å². The van der Waals surface area contributed by atoms with Crippen LogP contribution in [0.25, 0.3) is 0 Å². The largest absolute Gasteiger partial charge is 0.321 e. The molecule has 0 bridgehead atoms. The van der Waals surface area contributed by atoms with E-state index in [-0.39, 0.29) is 10.8 Å². The van der Waals surface area contributed by atoms with Crippen LogP contribution in [-0.4, -0.2) is 19.9 Å². The zero-order chi connectivity index (χ0) is 18.9. The van der Waals surface area contributed by atoms with Gasteiger partial charge < -0.3 is 5.32 Å². The average Bonchev–Trinajstić information content (AvgIpc) is 2.97. The SMILES string of the molecule is CC(C)(C)NS(=O)(=O)c1cccc(NC(=O)c2cc3c(s2)CCCC3)c1. The van der Waals surface area contributed by atoms with Gasteiger partial charge in [-0.15, -0.1) is 11.3 Å². The number of hydrogen-bond acceptors (Lipinski definition) is 4. The Morgan fingerprint density at radius 1 is 1.12 bits per heavy atom. The maximum absolute atomic E-state index is 12.6. The van der Waals surface area contributed by atoms with Crippen molar-refractivity contribution in [3.63, 3.8) is 0 Å². The molecule has 1 aromatic heterocycles. The third-order valence-corrected chi connectivity index (χ3v) is 7.05. The van der Waals surface area contributed by atoms with E-state index < -0.39 is 15.6 Å². The van der Waals surface area contributed by atoms with Gasteiger partial charge in [-0.1, -0.05) is 6.07 Å². The van der Waals surface area contributed by atoms with Crippen molar-refractivity contribution < 1.29 is 13.2 Å². The quantitative estimate of drug-likeness (QED) is 0.827. The lowest BCUT2D eigenvalue weighted by Crippen LogP contribution is -2.40. The number of hydrogen-bond donors (Lipinski definition) is 2. The van der Waals surface area contributed by atoms with E-state index in [9.17, 15) is 13.2 Å². The molecule has 26 heavy (non-hydrogen) atoms. The van der Waals surface area contributed by atoms with Crippen LogP contribution < -0.4 is 10.0 Å². The zero-order valence-corrected chi connectivity index (χ0v) is 16.9. The van der Waals surface area contributed by atoms with Crippen LogP contribution in [0.15, 0.2) is 35.2 Å². The molecule has 0 fully saturated rings. The lowest BCUT2D eigenvalue weighted by atomic mass is 9.99. The van der Waals surface area contributed by atoms with Crippen LogP contribution in [0.5, 0.6) is 0 Å². The van der Waals surface area contributed by atoms with E-state index in [1.54, 1.807) is 32.9 Å². The Hall–Kier alpha value is -1.70. The Balaban J connectivity index is 1.78. The Kier molecular flexibility index (Phi) is 5.23. The third-order valence-electron chi connectivity index (χ3n) is 4.06. The highest BCUT2D eigenvalue weighted by molar-refractivity contribution is 7.89. The Labute approximate surface area is 158 Å². The molecular weight excluding hydrogens is 368 g/mol. The molecule has 140 valence electrons. The van der Waals surface area contributed by atoms with Crippen LogP contribution in [0.3, 0.4) is 0 Å². The highest BCUT2D eigenvalue weighted by atomic mass is 32.2. The summed E-state index contributed by atoms with van der Waals surface area (Å²) in [5, 5.41) is 2.82. The van der Waals surface area contributed by atoms with E-state index in [2.05, 4.69) is 10.0 Å². The molecule has 1 amide bonds. The van der Waals surface area contributed by atoms with E-state index in [0.717, 1.165) is 12.8 Å². The molecule has 3 rings (SSSR count). The fourth-order valence-electron chi connectivity index (χ4n) is 3.00. The molecule has 1 heterocycles. The normalized spacial score (nSPS) is 14.7. The fourth-order valence-corrected chi connectivity index (χ4v) is 5.61. The van der Waals surface area contributed by atoms with E-state index in [1.807, 2.05) is 6.07 Å². The minimum atomic E-state index is -3.64. The van der Waals surface area contributed by atoms with Gasteiger partial charge in [0.05, 0.1) is 9.77 Å². The van der Waals surface area contributed by atoms with Crippen molar-refractivity contribution in [3.05, 3.63) is 45.6 Å². The summed E-state index contributed by atoms with van der Waals surface area (Å²) in [5.41, 5.74) is 1.17. The highest BCUT2D eigenvalue weighted by Gasteiger charge is 2.23. The first kappa shape index (κ1) is 19.1. The first-order valence-corrected chi connectivity index (χ1v) is 11.0. The molecule has 1 aliphatic rings. The molecule has 2 N–H and O–H groups in total. The maximum atomic E-state index is 12.6. The highest BCUT2D eigenvalue weighted by Crippen LogP contribution is 2.30. The van der Waals surface area contributed by atoms with Crippen LogP contribution in [0.4, 0.5) is 5.69 Å². The summed E-state index contributed by atoms with van der Waals surface area (Å²) in [7, 11) is -3.64.